The molecule has 1 atom stereocenters. The van der Waals surface area contributed by atoms with E-state index in [9.17, 15) is 4.79 Å². The fourth-order valence-electron chi connectivity index (χ4n) is 4.15. The van der Waals surface area contributed by atoms with E-state index in [1.54, 1.807) is 0 Å². The molecule has 0 bridgehead atoms. The fourth-order valence-corrected chi connectivity index (χ4v) is 4.98. The molecule has 0 unspecified atom stereocenters. The summed E-state index contributed by atoms with van der Waals surface area (Å²) in [5, 5.41) is 5.31. The highest BCUT2D eigenvalue weighted by Crippen LogP contribution is 2.40. The van der Waals surface area contributed by atoms with Gasteiger partial charge in [0.2, 0.25) is 11.1 Å². The molecule has 0 radical (unpaired) electrons. The Kier molecular flexibility index (Phi) is 6.04. The number of hydrogen-bond donors (Lipinski definition) is 0. The lowest BCUT2D eigenvalue weighted by atomic mass is 9.94. The normalized spacial score (nSPS) is 18.8. The van der Waals surface area contributed by atoms with Gasteiger partial charge in [0.25, 0.3) is 0 Å². The second-order valence-electron chi connectivity index (χ2n) is 7.95. The molecule has 2 aliphatic carbocycles. The maximum Gasteiger partial charge on any atom is 0.236 e. The number of nitrogens with zero attached hydrogens (tertiary/aromatic N) is 4. The number of para-hydroxylation sites is 1. The Balaban J connectivity index is 1.49. The smallest absolute Gasteiger partial charge is 0.236 e. The zero-order chi connectivity index (χ0) is 19.5. The van der Waals surface area contributed by atoms with E-state index in [2.05, 4.69) is 24.0 Å². The summed E-state index contributed by atoms with van der Waals surface area (Å²) in [4.78, 5) is 20.0. The molecule has 5 nitrogen and oxygen atoms in total. The second-order valence-corrected chi connectivity index (χ2v) is 9.26. The quantitative estimate of drug-likeness (QED) is 0.628. The Morgan fingerprint density at radius 2 is 1.89 bits per heavy atom. The average molecular weight is 399 g/mol. The molecule has 2 aromatic rings. The topological polar surface area (TPSA) is 51.0 Å². The fraction of sp³-hybridized carbons (Fsp3) is 0.591. The van der Waals surface area contributed by atoms with E-state index < -0.39 is 0 Å². The molecular formula is C22H30N4OS. The summed E-state index contributed by atoms with van der Waals surface area (Å²) in [5.41, 5.74) is 1.04. The summed E-state index contributed by atoms with van der Waals surface area (Å²) in [6, 6.07) is 10.6. The second kappa shape index (κ2) is 8.68. The van der Waals surface area contributed by atoms with Gasteiger partial charge in [-0.15, -0.1) is 5.10 Å². The van der Waals surface area contributed by atoms with Gasteiger partial charge in [0.15, 0.2) is 0 Å². The van der Waals surface area contributed by atoms with Gasteiger partial charge < -0.3 is 4.90 Å². The largest absolute Gasteiger partial charge is 0.339 e. The molecule has 1 aromatic carbocycles. The maximum atomic E-state index is 13.1. The van der Waals surface area contributed by atoms with Crippen LogP contribution in [0.5, 0.6) is 0 Å². The van der Waals surface area contributed by atoms with Crippen molar-refractivity contribution in [3.63, 3.8) is 0 Å². The van der Waals surface area contributed by atoms with Crippen LogP contribution in [0.15, 0.2) is 35.5 Å². The first-order valence-corrected chi connectivity index (χ1v) is 11.5. The standard InChI is InChI=1S/C22H30N4OS/c1-3-25(18-10-6-4-7-11-18)21(27)16(2)28-22-23-20(17-14-15-17)26(24-22)19-12-8-5-9-13-19/h5,8-9,12-13,16-18H,3-4,6-7,10-11,14-15H2,1-2H3/t16-/m1/s1. The summed E-state index contributed by atoms with van der Waals surface area (Å²) in [5.74, 6) is 1.76. The Hall–Kier alpha value is -1.82. The van der Waals surface area contributed by atoms with E-state index >= 15 is 0 Å². The number of benzene rings is 1. The minimum absolute atomic E-state index is 0.166. The third-order valence-electron chi connectivity index (χ3n) is 5.83. The van der Waals surface area contributed by atoms with Crippen LogP contribution in [-0.4, -0.2) is 43.4 Å². The average Bonchev–Trinajstić information content (AvgIpc) is 3.50. The summed E-state index contributed by atoms with van der Waals surface area (Å²) in [6.07, 6.45) is 8.42. The highest BCUT2D eigenvalue weighted by molar-refractivity contribution is 8.00. The van der Waals surface area contributed by atoms with Crippen LogP contribution < -0.4 is 0 Å². The maximum absolute atomic E-state index is 13.1. The van der Waals surface area contributed by atoms with Crippen LogP contribution in [0.3, 0.4) is 0 Å². The number of carbonyl (C=O) groups excluding carboxylic acids is 1. The van der Waals surface area contributed by atoms with Crippen molar-refractivity contribution in [2.45, 2.75) is 81.2 Å². The molecule has 0 spiro atoms. The highest BCUT2D eigenvalue weighted by atomic mass is 32.2. The van der Waals surface area contributed by atoms with Crippen molar-refractivity contribution in [2.24, 2.45) is 0 Å². The SMILES string of the molecule is CCN(C(=O)[C@@H](C)Sc1nc(C2CC2)n(-c2ccccc2)n1)C1CCCCC1. The van der Waals surface area contributed by atoms with Gasteiger partial charge in [0, 0.05) is 18.5 Å². The van der Waals surface area contributed by atoms with Crippen molar-refractivity contribution in [2.75, 3.05) is 6.54 Å². The van der Waals surface area contributed by atoms with Crippen LogP contribution in [0.4, 0.5) is 0 Å². The monoisotopic (exact) mass is 398 g/mol. The minimum atomic E-state index is -0.166. The van der Waals surface area contributed by atoms with Crippen LogP contribution >= 0.6 is 11.8 Å². The predicted molar refractivity (Wildman–Crippen MR) is 113 cm³/mol. The number of hydrogen-bond acceptors (Lipinski definition) is 4. The van der Waals surface area contributed by atoms with Crippen molar-refractivity contribution in [1.82, 2.24) is 19.7 Å². The summed E-state index contributed by atoms with van der Waals surface area (Å²) < 4.78 is 1.97. The lowest BCUT2D eigenvalue weighted by Crippen LogP contribution is -2.44. The number of carbonyl (C=O) groups is 1. The van der Waals surface area contributed by atoms with Crippen molar-refractivity contribution in [3.8, 4) is 5.69 Å². The zero-order valence-corrected chi connectivity index (χ0v) is 17.7. The Morgan fingerprint density at radius 3 is 2.54 bits per heavy atom. The summed E-state index contributed by atoms with van der Waals surface area (Å²) >= 11 is 1.50. The Labute approximate surface area is 171 Å². The molecule has 2 aliphatic rings. The van der Waals surface area contributed by atoms with Crippen LogP contribution in [0.25, 0.3) is 5.69 Å². The van der Waals surface area contributed by atoms with Gasteiger partial charge in [0.1, 0.15) is 5.82 Å². The van der Waals surface area contributed by atoms with E-state index in [0.717, 1.165) is 30.9 Å². The van der Waals surface area contributed by atoms with E-state index in [1.807, 2.05) is 29.8 Å². The molecular weight excluding hydrogens is 368 g/mol. The Bertz CT molecular complexity index is 796. The summed E-state index contributed by atoms with van der Waals surface area (Å²) in [7, 11) is 0. The minimum Gasteiger partial charge on any atom is -0.339 e. The van der Waals surface area contributed by atoms with Crippen molar-refractivity contribution in [3.05, 3.63) is 36.2 Å². The van der Waals surface area contributed by atoms with Gasteiger partial charge in [-0.1, -0.05) is 49.2 Å². The molecule has 0 saturated heterocycles. The molecule has 150 valence electrons. The molecule has 4 rings (SSSR count). The molecule has 0 aliphatic heterocycles. The van der Waals surface area contributed by atoms with Crippen LogP contribution in [0.1, 0.15) is 70.5 Å². The lowest BCUT2D eigenvalue weighted by Gasteiger charge is -2.35. The van der Waals surface area contributed by atoms with E-state index in [4.69, 9.17) is 10.1 Å². The van der Waals surface area contributed by atoms with Gasteiger partial charge in [-0.25, -0.2) is 9.67 Å². The highest BCUT2D eigenvalue weighted by Gasteiger charge is 2.32. The van der Waals surface area contributed by atoms with Gasteiger partial charge in [-0.2, -0.15) is 0 Å². The first kappa shape index (κ1) is 19.5. The van der Waals surface area contributed by atoms with Crippen molar-refractivity contribution < 1.29 is 4.79 Å². The Morgan fingerprint density at radius 1 is 1.18 bits per heavy atom. The van der Waals surface area contributed by atoms with Gasteiger partial charge in [0.05, 0.1) is 10.9 Å². The molecule has 1 aromatic heterocycles. The number of rotatable bonds is 7. The van der Waals surface area contributed by atoms with Crippen LogP contribution in [0.2, 0.25) is 0 Å². The molecule has 1 amide bonds. The lowest BCUT2D eigenvalue weighted by molar-refractivity contribution is -0.133. The van der Waals surface area contributed by atoms with Gasteiger partial charge in [-0.3, -0.25) is 4.79 Å². The predicted octanol–water partition coefficient (Wildman–Crippen LogP) is 4.81. The van der Waals surface area contributed by atoms with Gasteiger partial charge >= 0.3 is 0 Å². The van der Waals surface area contributed by atoms with Crippen LogP contribution in [0, 0.1) is 0 Å². The number of amides is 1. The molecule has 2 fully saturated rings. The zero-order valence-electron chi connectivity index (χ0n) is 16.9. The van der Waals surface area contributed by atoms with E-state index in [0.29, 0.717) is 17.1 Å². The van der Waals surface area contributed by atoms with Crippen molar-refractivity contribution >= 4 is 17.7 Å². The van der Waals surface area contributed by atoms with E-state index in [1.165, 1.54) is 43.9 Å². The third kappa shape index (κ3) is 4.27. The molecule has 1 heterocycles. The van der Waals surface area contributed by atoms with Crippen molar-refractivity contribution in [1.29, 1.82) is 0 Å². The number of thioether (sulfide) groups is 1. The van der Waals surface area contributed by atoms with E-state index in [-0.39, 0.29) is 11.2 Å². The molecule has 0 N–H and O–H groups in total. The molecule has 2 saturated carbocycles. The number of aromatic nitrogens is 3. The first-order valence-electron chi connectivity index (χ1n) is 10.7. The first-order chi connectivity index (χ1) is 13.7. The summed E-state index contributed by atoms with van der Waals surface area (Å²) in [6.45, 7) is 4.88. The molecule has 28 heavy (non-hydrogen) atoms. The molecule has 6 heteroatoms. The third-order valence-corrected chi connectivity index (χ3v) is 6.76. The van der Waals surface area contributed by atoms with Crippen LogP contribution in [-0.2, 0) is 4.79 Å². The van der Waals surface area contributed by atoms with Gasteiger partial charge in [-0.05, 0) is 51.7 Å².